The van der Waals surface area contributed by atoms with Gasteiger partial charge < -0.3 is 15.0 Å². The molecule has 0 aliphatic carbocycles. The van der Waals surface area contributed by atoms with Gasteiger partial charge in [0.15, 0.2) is 0 Å². The molecule has 2 aromatic rings. The zero-order valence-corrected chi connectivity index (χ0v) is 17.4. The van der Waals surface area contributed by atoms with Gasteiger partial charge in [-0.15, -0.1) is 0 Å². The molecule has 0 fully saturated rings. The first kappa shape index (κ1) is 21.7. The number of nitrogens with one attached hydrogen (secondary N) is 1. The van der Waals surface area contributed by atoms with Crippen molar-refractivity contribution >= 4 is 29.1 Å². The molecule has 1 N–H and O–H groups in total. The molecule has 2 rings (SSSR count). The molecule has 0 unspecified atom stereocenters. The monoisotopic (exact) mass is 403 g/mol. The van der Waals surface area contributed by atoms with Crippen molar-refractivity contribution in [1.29, 1.82) is 0 Å². The quantitative estimate of drug-likeness (QED) is 0.735. The van der Waals surface area contributed by atoms with Crippen LogP contribution in [0.5, 0.6) is 5.75 Å². The molecule has 28 heavy (non-hydrogen) atoms. The van der Waals surface area contributed by atoms with Gasteiger partial charge in [-0.2, -0.15) is 0 Å². The zero-order chi connectivity index (χ0) is 20.7. The van der Waals surface area contributed by atoms with Crippen molar-refractivity contribution in [3.05, 3.63) is 58.6 Å². The predicted molar refractivity (Wildman–Crippen MR) is 112 cm³/mol. The van der Waals surface area contributed by atoms with Crippen LogP contribution in [0.2, 0.25) is 5.02 Å². The Morgan fingerprint density at radius 1 is 1.07 bits per heavy atom. The molecule has 0 saturated carbocycles. The second kappa shape index (κ2) is 10.1. The Bertz CT molecular complexity index is 824. The number of anilines is 1. The first-order chi connectivity index (χ1) is 13.3. The first-order valence-electron chi connectivity index (χ1n) is 8.90. The maximum Gasteiger partial charge on any atom is 0.243 e. The van der Waals surface area contributed by atoms with Gasteiger partial charge in [0, 0.05) is 29.9 Å². The van der Waals surface area contributed by atoms with Crippen LogP contribution in [0.1, 0.15) is 11.1 Å². The number of hydrogen-bond acceptors (Lipinski definition) is 4. The smallest absolute Gasteiger partial charge is 0.243 e. The van der Waals surface area contributed by atoms with Crippen molar-refractivity contribution in [2.75, 3.05) is 39.6 Å². The highest BCUT2D eigenvalue weighted by Gasteiger charge is 2.16. The van der Waals surface area contributed by atoms with Crippen molar-refractivity contribution in [3.8, 4) is 5.75 Å². The molecule has 0 atom stereocenters. The second-order valence-electron chi connectivity index (χ2n) is 6.79. The molecule has 2 aromatic carbocycles. The summed E-state index contributed by atoms with van der Waals surface area (Å²) in [6, 6.07) is 12.9. The lowest BCUT2D eigenvalue weighted by Crippen LogP contribution is -2.40. The minimum Gasteiger partial charge on any atom is -0.496 e. The number of ether oxygens (including phenoxy) is 1. The van der Waals surface area contributed by atoms with Crippen molar-refractivity contribution in [3.63, 3.8) is 0 Å². The van der Waals surface area contributed by atoms with Crippen molar-refractivity contribution in [2.24, 2.45) is 0 Å². The molecule has 7 heteroatoms. The van der Waals surface area contributed by atoms with Crippen LogP contribution in [0.25, 0.3) is 0 Å². The Kier molecular flexibility index (Phi) is 7.84. The lowest BCUT2D eigenvalue weighted by atomic mass is 10.2. The van der Waals surface area contributed by atoms with Gasteiger partial charge in [0.1, 0.15) is 5.75 Å². The van der Waals surface area contributed by atoms with Gasteiger partial charge >= 0.3 is 0 Å². The van der Waals surface area contributed by atoms with Gasteiger partial charge in [0.25, 0.3) is 0 Å². The Hall–Kier alpha value is -2.57. The average Bonchev–Trinajstić information content (AvgIpc) is 2.63. The summed E-state index contributed by atoms with van der Waals surface area (Å²) in [6.45, 7) is 2.64. The van der Waals surface area contributed by atoms with Crippen LogP contribution in [0, 0.1) is 6.92 Å². The Labute approximate surface area is 171 Å². The number of methoxy groups -OCH3 is 1. The van der Waals surface area contributed by atoms with Crippen LogP contribution in [-0.2, 0) is 16.1 Å². The van der Waals surface area contributed by atoms with Crippen molar-refractivity contribution in [1.82, 2.24) is 9.80 Å². The Balaban J connectivity index is 1.86. The molecule has 0 saturated heterocycles. The van der Waals surface area contributed by atoms with Gasteiger partial charge in [0.05, 0.1) is 20.2 Å². The van der Waals surface area contributed by atoms with Gasteiger partial charge in [-0.3, -0.25) is 14.5 Å². The van der Waals surface area contributed by atoms with Crippen LogP contribution < -0.4 is 10.1 Å². The fourth-order valence-electron chi connectivity index (χ4n) is 2.71. The number of rotatable bonds is 8. The number of aryl methyl sites for hydroxylation is 1. The lowest BCUT2D eigenvalue weighted by Gasteiger charge is -2.22. The van der Waals surface area contributed by atoms with E-state index in [-0.39, 0.29) is 24.9 Å². The van der Waals surface area contributed by atoms with Crippen LogP contribution >= 0.6 is 11.6 Å². The van der Waals surface area contributed by atoms with E-state index in [0.29, 0.717) is 17.3 Å². The molecule has 0 aliphatic rings. The van der Waals surface area contributed by atoms with Gasteiger partial charge in [0.2, 0.25) is 11.8 Å². The normalized spacial score (nSPS) is 10.6. The van der Waals surface area contributed by atoms with E-state index in [2.05, 4.69) is 5.32 Å². The fraction of sp³-hybridized carbons (Fsp3) is 0.333. The summed E-state index contributed by atoms with van der Waals surface area (Å²) in [5.41, 5.74) is 2.72. The van der Waals surface area contributed by atoms with E-state index in [0.717, 1.165) is 16.9 Å². The van der Waals surface area contributed by atoms with Crippen LogP contribution in [0.4, 0.5) is 5.69 Å². The van der Waals surface area contributed by atoms with Gasteiger partial charge in [-0.25, -0.2) is 0 Å². The topological polar surface area (TPSA) is 61.9 Å². The number of halogens is 1. The molecule has 150 valence electrons. The van der Waals surface area contributed by atoms with Crippen LogP contribution in [0.15, 0.2) is 42.5 Å². The number of benzene rings is 2. The molecule has 0 bridgehead atoms. The van der Waals surface area contributed by atoms with E-state index in [1.807, 2.05) is 49.2 Å². The SMILES string of the molecule is COc1ccc(Cl)cc1CN(C)CC(=O)N(C)CC(=O)Nc1ccc(C)cc1. The summed E-state index contributed by atoms with van der Waals surface area (Å²) >= 11 is 6.05. The number of carbonyl (C=O) groups is 2. The third kappa shape index (κ3) is 6.55. The summed E-state index contributed by atoms with van der Waals surface area (Å²) in [6.07, 6.45) is 0. The standard InChI is InChI=1S/C21H26ClN3O3/c1-15-5-8-18(9-6-15)23-20(26)13-25(3)21(27)14-24(2)12-16-11-17(22)7-10-19(16)28-4/h5-11H,12-14H2,1-4H3,(H,23,26). The molecule has 0 aromatic heterocycles. The maximum atomic E-state index is 12.4. The molecule has 0 spiro atoms. The molecule has 0 aliphatic heterocycles. The minimum atomic E-state index is -0.237. The van der Waals surface area contributed by atoms with E-state index in [9.17, 15) is 9.59 Å². The van der Waals surface area contributed by atoms with Crippen molar-refractivity contribution in [2.45, 2.75) is 13.5 Å². The van der Waals surface area contributed by atoms with Crippen LogP contribution in [-0.4, -0.2) is 55.9 Å². The van der Waals surface area contributed by atoms with Crippen molar-refractivity contribution < 1.29 is 14.3 Å². The Morgan fingerprint density at radius 3 is 2.39 bits per heavy atom. The number of carbonyl (C=O) groups excluding carboxylic acids is 2. The van der Waals surface area contributed by atoms with E-state index in [1.165, 1.54) is 4.90 Å². The summed E-state index contributed by atoms with van der Waals surface area (Å²) in [4.78, 5) is 27.9. The number of hydrogen-bond donors (Lipinski definition) is 1. The molecule has 0 heterocycles. The van der Waals surface area contributed by atoms with E-state index in [4.69, 9.17) is 16.3 Å². The van der Waals surface area contributed by atoms with E-state index >= 15 is 0 Å². The van der Waals surface area contributed by atoms with E-state index in [1.54, 1.807) is 26.3 Å². The zero-order valence-electron chi connectivity index (χ0n) is 16.7. The number of nitrogens with zero attached hydrogens (tertiary/aromatic N) is 2. The first-order valence-corrected chi connectivity index (χ1v) is 9.27. The van der Waals surface area contributed by atoms with Gasteiger partial charge in [-0.05, 0) is 44.3 Å². The maximum absolute atomic E-state index is 12.4. The second-order valence-corrected chi connectivity index (χ2v) is 7.23. The highest BCUT2D eigenvalue weighted by Crippen LogP contribution is 2.23. The van der Waals surface area contributed by atoms with E-state index < -0.39 is 0 Å². The molecule has 2 amide bonds. The average molecular weight is 404 g/mol. The third-order valence-corrected chi connectivity index (χ3v) is 4.46. The van der Waals surface area contributed by atoms with Gasteiger partial charge in [-0.1, -0.05) is 29.3 Å². The Morgan fingerprint density at radius 2 is 1.75 bits per heavy atom. The third-order valence-electron chi connectivity index (χ3n) is 4.23. The highest BCUT2D eigenvalue weighted by atomic mass is 35.5. The summed E-state index contributed by atoms with van der Waals surface area (Å²) in [5, 5.41) is 3.40. The molecular formula is C21H26ClN3O3. The van der Waals surface area contributed by atoms with Crippen LogP contribution in [0.3, 0.4) is 0 Å². The number of amides is 2. The molecule has 0 radical (unpaired) electrons. The summed E-state index contributed by atoms with van der Waals surface area (Å²) in [7, 11) is 5.04. The minimum absolute atomic E-state index is 0.0129. The fourth-order valence-corrected chi connectivity index (χ4v) is 2.90. The lowest BCUT2D eigenvalue weighted by molar-refractivity contribution is -0.134. The molecule has 6 nitrogen and oxygen atoms in total. The largest absolute Gasteiger partial charge is 0.496 e. The highest BCUT2D eigenvalue weighted by molar-refractivity contribution is 6.30. The summed E-state index contributed by atoms with van der Waals surface area (Å²) in [5.74, 6) is 0.330. The molecular weight excluding hydrogens is 378 g/mol. The summed E-state index contributed by atoms with van der Waals surface area (Å²) < 4.78 is 5.34. The predicted octanol–water partition coefficient (Wildman–Crippen LogP) is 3.19. The number of likely N-dealkylation sites (N-methyl/N-ethyl adjacent to an activating group) is 2.